The molecule has 21 heavy (non-hydrogen) atoms. The molecule has 0 unspecified atom stereocenters. The van der Waals surface area contributed by atoms with E-state index in [1.807, 2.05) is 0 Å². The largest absolute Gasteiger partial charge is 0.241 e. The van der Waals surface area contributed by atoms with Gasteiger partial charge in [-0.25, -0.2) is 21.9 Å². The fourth-order valence-electron chi connectivity index (χ4n) is 2.57. The highest BCUT2D eigenvalue weighted by Crippen LogP contribution is 2.34. The van der Waals surface area contributed by atoms with E-state index < -0.39 is 27.2 Å². The second kappa shape index (κ2) is 6.30. The molecule has 1 fully saturated rings. The molecule has 3 nitrogen and oxygen atoms in total. The van der Waals surface area contributed by atoms with Gasteiger partial charge in [-0.3, -0.25) is 0 Å². The van der Waals surface area contributed by atoms with Crippen molar-refractivity contribution in [2.45, 2.75) is 43.0 Å². The number of rotatable bonds is 4. The van der Waals surface area contributed by atoms with Crippen molar-refractivity contribution in [3.63, 3.8) is 0 Å². The predicted molar refractivity (Wildman–Crippen MR) is 80.8 cm³/mol. The molecule has 1 aromatic carbocycles. The van der Waals surface area contributed by atoms with Gasteiger partial charge in [-0.2, -0.15) is 0 Å². The summed E-state index contributed by atoms with van der Waals surface area (Å²) < 4.78 is 53.6. The van der Waals surface area contributed by atoms with Crippen LogP contribution in [0.3, 0.4) is 0 Å². The molecule has 1 aliphatic rings. The van der Waals surface area contributed by atoms with Gasteiger partial charge in [-0.1, -0.05) is 22.9 Å². The van der Waals surface area contributed by atoms with E-state index in [0.717, 1.165) is 37.8 Å². The third-order valence-electron chi connectivity index (χ3n) is 4.04. The van der Waals surface area contributed by atoms with Crippen LogP contribution < -0.4 is 4.72 Å². The van der Waals surface area contributed by atoms with Crippen molar-refractivity contribution in [3.05, 3.63) is 29.8 Å². The molecular formula is C14H18BrF2NO2S. The summed E-state index contributed by atoms with van der Waals surface area (Å²) in [6.07, 6.45) is 3.32. The SMILES string of the molecule is CC1CCC(CBr)(NS(=O)(=O)c2ccc(F)c(F)c2)CC1. The first-order valence-corrected chi connectivity index (χ1v) is 9.43. The minimum Gasteiger partial charge on any atom is -0.207 e. The number of nitrogens with one attached hydrogen (secondary N) is 1. The quantitative estimate of drug-likeness (QED) is 0.810. The average Bonchev–Trinajstić information content (AvgIpc) is 2.44. The zero-order valence-electron chi connectivity index (χ0n) is 11.7. The van der Waals surface area contributed by atoms with E-state index in [4.69, 9.17) is 0 Å². The molecule has 1 N–H and O–H groups in total. The van der Waals surface area contributed by atoms with Crippen LogP contribution in [0.25, 0.3) is 0 Å². The number of hydrogen-bond donors (Lipinski definition) is 1. The van der Waals surface area contributed by atoms with Crippen LogP contribution in [-0.4, -0.2) is 19.3 Å². The van der Waals surface area contributed by atoms with Gasteiger partial charge in [0.05, 0.1) is 4.90 Å². The Bertz CT molecular complexity index is 613. The summed E-state index contributed by atoms with van der Waals surface area (Å²) in [5.41, 5.74) is -0.559. The second-order valence-electron chi connectivity index (χ2n) is 5.78. The Morgan fingerprint density at radius 3 is 2.43 bits per heavy atom. The van der Waals surface area contributed by atoms with Crippen molar-refractivity contribution in [1.82, 2.24) is 4.72 Å². The van der Waals surface area contributed by atoms with Crippen LogP contribution in [-0.2, 0) is 10.0 Å². The standard InChI is InChI=1S/C14H18BrF2NO2S/c1-10-4-6-14(9-15,7-5-10)18-21(19,20)11-2-3-12(16)13(17)8-11/h2-3,8,10,18H,4-7,9H2,1H3. The molecular weight excluding hydrogens is 364 g/mol. The van der Waals surface area contributed by atoms with Crippen LogP contribution in [0.1, 0.15) is 32.6 Å². The van der Waals surface area contributed by atoms with Crippen LogP contribution in [0.2, 0.25) is 0 Å². The Hall–Kier alpha value is -0.530. The Balaban J connectivity index is 2.25. The zero-order valence-corrected chi connectivity index (χ0v) is 14.1. The maximum absolute atomic E-state index is 13.2. The molecule has 2 rings (SSSR count). The fraction of sp³-hybridized carbons (Fsp3) is 0.571. The van der Waals surface area contributed by atoms with Crippen molar-refractivity contribution in [2.75, 3.05) is 5.33 Å². The van der Waals surface area contributed by atoms with E-state index in [-0.39, 0.29) is 4.90 Å². The lowest BCUT2D eigenvalue weighted by Gasteiger charge is -2.38. The Kier molecular flexibility index (Phi) is 5.05. The van der Waals surface area contributed by atoms with Gasteiger partial charge in [-0.05, 0) is 49.8 Å². The Morgan fingerprint density at radius 1 is 1.29 bits per heavy atom. The van der Waals surface area contributed by atoms with Gasteiger partial charge in [0.1, 0.15) is 0 Å². The first-order chi connectivity index (χ1) is 9.78. The topological polar surface area (TPSA) is 46.2 Å². The van der Waals surface area contributed by atoms with E-state index >= 15 is 0 Å². The van der Waals surface area contributed by atoms with Crippen LogP contribution in [0.15, 0.2) is 23.1 Å². The first kappa shape index (κ1) is 16.8. The van der Waals surface area contributed by atoms with Gasteiger partial charge < -0.3 is 0 Å². The third kappa shape index (κ3) is 3.81. The molecule has 7 heteroatoms. The molecule has 1 aromatic rings. The zero-order chi connectivity index (χ0) is 15.7. The average molecular weight is 382 g/mol. The highest BCUT2D eigenvalue weighted by atomic mass is 79.9. The number of alkyl halides is 1. The van der Waals surface area contributed by atoms with Gasteiger partial charge in [0.15, 0.2) is 11.6 Å². The fourth-order valence-corrected chi connectivity index (χ4v) is 4.92. The van der Waals surface area contributed by atoms with Crippen molar-refractivity contribution >= 4 is 26.0 Å². The molecule has 0 bridgehead atoms. The van der Waals surface area contributed by atoms with Gasteiger partial charge in [0.25, 0.3) is 0 Å². The van der Waals surface area contributed by atoms with Crippen LogP contribution in [0.4, 0.5) is 8.78 Å². The minimum atomic E-state index is -3.87. The van der Waals surface area contributed by atoms with E-state index in [2.05, 4.69) is 27.6 Å². The molecule has 118 valence electrons. The summed E-state index contributed by atoms with van der Waals surface area (Å²) in [7, 11) is -3.87. The van der Waals surface area contributed by atoms with Crippen molar-refractivity contribution in [1.29, 1.82) is 0 Å². The van der Waals surface area contributed by atoms with Crippen LogP contribution in [0, 0.1) is 17.6 Å². The molecule has 0 heterocycles. The summed E-state index contributed by atoms with van der Waals surface area (Å²) in [6.45, 7) is 2.14. The molecule has 0 saturated heterocycles. The van der Waals surface area contributed by atoms with E-state index in [0.29, 0.717) is 17.3 Å². The highest BCUT2D eigenvalue weighted by Gasteiger charge is 2.37. The maximum atomic E-state index is 13.2. The lowest BCUT2D eigenvalue weighted by atomic mass is 9.79. The lowest BCUT2D eigenvalue weighted by Crippen LogP contribution is -2.51. The molecule has 0 amide bonds. The van der Waals surface area contributed by atoms with Crippen molar-refractivity contribution in [2.24, 2.45) is 5.92 Å². The molecule has 1 saturated carbocycles. The summed E-state index contributed by atoms with van der Waals surface area (Å²) in [5.74, 6) is -1.65. The van der Waals surface area contributed by atoms with Crippen LogP contribution >= 0.6 is 15.9 Å². The molecule has 1 aliphatic carbocycles. The molecule has 0 atom stereocenters. The highest BCUT2D eigenvalue weighted by molar-refractivity contribution is 9.09. The van der Waals surface area contributed by atoms with Crippen LogP contribution in [0.5, 0.6) is 0 Å². The lowest BCUT2D eigenvalue weighted by molar-refractivity contribution is 0.250. The third-order valence-corrected chi connectivity index (χ3v) is 6.69. The van der Waals surface area contributed by atoms with E-state index in [1.165, 1.54) is 0 Å². The van der Waals surface area contributed by atoms with Crippen molar-refractivity contribution in [3.8, 4) is 0 Å². The smallest absolute Gasteiger partial charge is 0.207 e. The number of halogens is 3. The van der Waals surface area contributed by atoms with Gasteiger partial charge in [0, 0.05) is 10.9 Å². The molecule has 0 spiro atoms. The van der Waals surface area contributed by atoms with E-state index in [9.17, 15) is 17.2 Å². The maximum Gasteiger partial charge on any atom is 0.241 e. The van der Waals surface area contributed by atoms with Gasteiger partial charge >= 0.3 is 0 Å². The molecule has 0 aliphatic heterocycles. The van der Waals surface area contributed by atoms with Gasteiger partial charge in [0.2, 0.25) is 10.0 Å². The van der Waals surface area contributed by atoms with E-state index in [1.54, 1.807) is 0 Å². The normalized spacial score (nSPS) is 26.8. The number of benzene rings is 1. The predicted octanol–water partition coefficient (Wildman–Crippen LogP) is 3.59. The van der Waals surface area contributed by atoms with Gasteiger partial charge in [-0.15, -0.1) is 0 Å². The summed E-state index contributed by atoms with van der Waals surface area (Å²) >= 11 is 3.38. The molecule has 0 radical (unpaired) electrons. The molecule has 0 aromatic heterocycles. The minimum absolute atomic E-state index is 0.250. The monoisotopic (exact) mass is 381 g/mol. The first-order valence-electron chi connectivity index (χ1n) is 6.83. The Labute approximate surface area is 132 Å². The number of sulfonamides is 1. The summed E-state index contributed by atoms with van der Waals surface area (Å²) in [6, 6.07) is 2.62. The Morgan fingerprint density at radius 2 is 1.90 bits per heavy atom. The number of hydrogen-bond acceptors (Lipinski definition) is 2. The summed E-state index contributed by atoms with van der Waals surface area (Å²) in [4.78, 5) is -0.250. The summed E-state index contributed by atoms with van der Waals surface area (Å²) in [5, 5.41) is 0.496. The van der Waals surface area contributed by atoms with Crippen molar-refractivity contribution < 1.29 is 17.2 Å². The second-order valence-corrected chi connectivity index (χ2v) is 8.02.